The molecular weight excluding hydrogens is 677 g/mol. The number of benzene rings is 9. The Hall–Kier alpha value is -6.88. The third-order valence-electron chi connectivity index (χ3n) is 10.6. The summed E-state index contributed by atoms with van der Waals surface area (Å²) in [7, 11) is 0. The van der Waals surface area contributed by atoms with Gasteiger partial charge in [-0.15, -0.1) is 11.3 Å². The maximum absolute atomic E-state index is 6.33. The SMILES string of the molecule is c1ccc(N(c2ccccc2)c2cccc(N(c3ccc4c(ccc5cc6c(cc54)oc4ccccc46)c3)c3ccc4c(c3)sc3ccccc34)c2)cc1. The Morgan fingerprint density at radius 2 is 0.852 bits per heavy atom. The second-order valence-corrected chi connectivity index (χ2v) is 14.9. The summed E-state index contributed by atoms with van der Waals surface area (Å²) in [4.78, 5) is 4.72. The molecule has 3 nitrogen and oxygen atoms in total. The Morgan fingerprint density at radius 1 is 0.296 bits per heavy atom. The van der Waals surface area contributed by atoms with E-state index in [1.165, 1.54) is 41.7 Å². The molecule has 11 aromatic rings. The molecule has 0 spiro atoms. The van der Waals surface area contributed by atoms with E-state index in [9.17, 15) is 0 Å². The zero-order valence-corrected chi connectivity index (χ0v) is 30.0. The minimum absolute atomic E-state index is 0.914. The van der Waals surface area contributed by atoms with E-state index in [2.05, 4.69) is 192 Å². The predicted molar refractivity (Wildman–Crippen MR) is 231 cm³/mol. The first-order valence-electron chi connectivity index (χ1n) is 18.2. The Balaban J connectivity index is 1.10. The van der Waals surface area contributed by atoms with Crippen molar-refractivity contribution in [2.45, 2.75) is 0 Å². The Kier molecular flexibility index (Phi) is 7.04. The van der Waals surface area contributed by atoms with E-state index in [1.54, 1.807) is 0 Å². The lowest BCUT2D eigenvalue weighted by molar-refractivity contribution is 0.669. The molecule has 9 aromatic carbocycles. The number of fused-ring (bicyclic) bond motifs is 9. The highest BCUT2D eigenvalue weighted by Gasteiger charge is 2.19. The maximum atomic E-state index is 6.33. The highest BCUT2D eigenvalue weighted by atomic mass is 32.1. The Labute approximate surface area is 316 Å². The van der Waals surface area contributed by atoms with Crippen molar-refractivity contribution < 1.29 is 4.42 Å². The van der Waals surface area contributed by atoms with Gasteiger partial charge in [0.15, 0.2) is 0 Å². The van der Waals surface area contributed by atoms with Crippen LogP contribution in [-0.2, 0) is 0 Å². The number of thiophene rings is 1. The zero-order valence-electron chi connectivity index (χ0n) is 29.2. The largest absolute Gasteiger partial charge is 0.456 e. The number of hydrogen-bond donors (Lipinski definition) is 0. The van der Waals surface area contributed by atoms with Crippen molar-refractivity contribution >= 4 is 109 Å². The first-order valence-corrected chi connectivity index (χ1v) is 19.1. The van der Waals surface area contributed by atoms with E-state index in [0.717, 1.165) is 56.1 Å². The topological polar surface area (TPSA) is 19.6 Å². The lowest BCUT2D eigenvalue weighted by atomic mass is 9.99. The third-order valence-corrected chi connectivity index (χ3v) is 11.7. The highest BCUT2D eigenvalue weighted by Crippen LogP contribution is 2.44. The number of hydrogen-bond acceptors (Lipinski definition) is 4. The molecule has 0 saturated heterocycles. The second-order valence-electron chi connectivity index (χ2n) is 13.8. The van der Waals surface area contributed by atoms with Gasteiger partial charge < -0.3 is 14.2 Å². The van der Waals surface area contributed by atoms with Crippen LogP contribution in [0, 0.1) is 0 Å². The molecule has 0 aliphatic rings. The maximum Gasteiger partial charge on any atom is 0.136 e. The molecule has 0 atom stereocenters. The lowest BCUT2D eigenvalue weighted by Crippen LogP contribution is -2.13. The van der Waals surface area contributed by atoms with Gasteiger partial charge in [-0.3, -0.25) is 0 Å². The van der Waals surface area contributed by atoms with Crippen LogP contribution >= 0.6 is 11.3 Å². The van der Waals surface area contributed by atoms with Gasteiger partial charge in [0, 0.05) is 65.1 Å². The number of rotatable bonds is 6. The predicted octanol–water partition coefficient (Wildman–Crippen LogP) is 15.2. The van der Waals surface area contributed by atoms with Gasteiger partial charge >= 0.3 is 0 Å². The van der Waals surface area contributed by atoms with E-state index >= 15 is 0 Å². The van der Waals surface area contributed by atoms with Crippen molar-refractivity contribution in [1.82, 2.24) is 0 Å². The first-order chi connectivity index (χ1) is 26.7. The number of para-hydroxylation sites is 3. The molecule has 2 heterocycles. The fourth-order valence-electron chi connectivity index (χ4n) is 8.08. The zero-order chi connectivity index (χ0) is 35.6. The molecule has 11 rings (SSSR count). The third kappa shape index (κ3) is 5.03. The van der Waals surface area contributed by atoms with Crippen LogP contribution in [0.15, 0.2) is 199 Å². The van der Waals surface area contributed by atoms with Gasteiger partial charge in [0.25, 0.3) is 0 Å². The van der Waals surface area contributed by atoms with Crippen molar-refractivity contribution in [1.29, 1.82) is 0 Å². The molecule has 0 saturated carbocycles. The fraction of sp³-hybridized carbons (Fsp3) is 0. The highest BCUT2D eigenvalue weighted by molar-refractivity contribution is 7.25. The van der Waals surface area contributed by atoms with Crippen molar-refractivity contribution in [2.24, 2.45) is 0 Å². The van der Waals surface area contributed by atoms with E-state index in [-0.39, 0.29) is 0 Å². The normalized spacial score (nSPS) is 11.7. The fourth-order valence-corrected chi connectivity index (χ4v) is 9.22. The van der Waals surface area contributed by atoms with Gasteiger partial charge in [0.1, 0.15) is 11.2 Å². The van der Waals surface area contributed by atoms with Gasteiger partial charge in [-0.1, -0.05) is 103 Å². The summed E-state index contributed by atoms with van der Waals surface area (Å²) in [6.45, 7) is 0. The summed E-state index contributed by atoms with van der Waals surface area (Å²) in [5, 5.41) is 9.65. The molecule has 0 bridgehead atoms. The van der Waals surface area contributed by atoms with Crippen LogP contribution in [0.2, 0.25) is 0 Å². The Morgan fingerprint density at radius 3 is 1.61 bits per heavy atom. The van der Waals surface area contributed by atoms with Crippen LogP contribution in [0.3, 0.4) is 0 Å². The quantitative estimate of drug-likeness (QED) is 0.160. The average molecular weight is 709 g/mol. The molecule has 0 amide bonds. The van der Waals surface area contributed by atoms with Gasteiger partial charge in [0.05, 0.1) is 0 Å². The first kappa shape index (κ1) is 30.7. The van der Waals surface area contributed by atoms with Crippen LogP contribution < -0.4 is 9.80 Å². The lowest BCUT2D eigenvalue weighted by Gasteiger charge is -2.29. The average Bonchev–Trinajstić information content (AvgIpc) is 3.78. The summed E-state index contributed by atoms with van der Waals surface area (Å²) < 4.78 is 8.90. The molecule has 0 N–H and O–H groups in total. The second kappa shape index (κ2) is 12.4. The van der Waals surface area contributed by atoms with E-state index in [1.807, 2.05) is 23.5 Å². The number of nitrogens with zero attached hydrogens (tertiary/aromatic N) is 2. The van der Waals surface area contributed by atoms with Crippen LogP contribution in [0.4, 0.5) is 34.1 Å². The number of furan rings is 1. The van der Waals surface area contributed by atoms with Gasteiger partial charge in [-0.05, 0) is 113 Å². The summed E-state index contributed by atoms with van der Waals surface area (Å²) >= 11 is 1.85. The monoisotopic (exact) mass is 708 g/mol. The summed E-state index contributed by atoms with van der Waals surface area (Å²) in [5.41, 5.74) is 8.41. The van der Waals surface area contributed by atoms with Crippen LogP contribution in [0.1, 0.15) is 0 Å². The van der Waals surface area contributed by atoms with Crippen molar-refractivity contribution in [2.75, 3.05) is 9.80 Å². The molecule has 0 fully saturated rings. The van der Waals surface area contributed by atoms with Crippen molar-refractivity contribution in [3.8, 4) is 0 Å². The van der Waals surface area contributed by atoms with Crippen LogP contribution in [-0.4, -0.2) is 0 Å². The molecule has 0 radical (unpaired) electrons. The number of anilines is 6. The summed E-state index contributed by atoms with van der Waals surface area (Å²) in [5.74, 6) is 0. The molecular formula is C50H32N2OS. The molecule has 54 heavy (non-hydrogen) atoms. The van der Waals surface area contributed by atoms with E-state index in [4.69, 9.17) is 4.42 Å². The van der Waals surface area contributed by atoms with Crippen molar-refractivity contribution in [3.63, 3.8) is 0 Å². The summed E-state index contributed by atoms with van der Waals surface area (Å²) in [6, 6.07) is 69.8. The molecule has 0 aliphatic heterocycles. The van der Waals surface area contributed by atoms with E-state index in [0.29, 0.717) is 0 Å². The van der Waals surface area contributed by atoms with Gasteiger partial charge in [0.2, 0.25) is 0 Å². The van der Waals surface area contributed by atoms with Gasteiger partial charge in [-0.25, -0.2) is 0 Å². The molecule has 4 heteroatoms. The Bertz CT molecular complexity index is 3140. The standard InChI is InChI=1S/C50H32N2OS/c1-3-12-35(13-4-1)51(36-14-5-2-6-15-36)37-16-11-17-38(30-37)52(40-25-27-44-43-19-8-10-21-49(43)54-50(44)31-40)39-24-26-41-33(28-39)22-23-34-29-46-42-18-7-9-20-47(42)53-48(46)32-45(34)41/h1-32H. The van der Waals surface area contributed by atoms with E-state index < -0.39 is 0 Å². The molecule has 254 valence electrons. The van der Waals surface area contributed by atoms with Crippen molar-refractivity contribution in [3.05, 3.63) is 194 Å². The van der Waals surface area contributed by atoms with Crippen LogP contribution in [0.25, 0.3) is 63.7 Å². The van der Waals surface area contributed by atoms with Crippen LogP contribution in [0.5, 0.6) is 0 Å². The van der Waals surface area contributed by atoms with Gasteiger partial charge in [-0.2, -0.15) is 0 Å². The summed E-state index contributed by atoms with van der Waals surface area (Å²) in [6.07, 6.45) is 0. The molecule has 0 aliphatic carbocycles. The minimum Gasteiger partial charge on any atom is -0.456 e. The molecule has 2 aromatic heterocycles. The molecule has 0 unspecified atom stereocenters. The minimum atomic E-state index is 0.914. The smallest absolute Gasteiger partial charge is 0.136 e.